The molecule has 1 aliphatic rings. The van der Waals surface area contributed by atoms with Gasteiger partial charge < -0.3 is 4.74 Å². The molecular formula is C12H12ClN3O2. The average molecular weight is 266 g/mol. The predicted molar refractivity (Wildman–Crippen MR) is 65.5 cm³/mol. The Kier molecular flexibility index (Phi) is 2.70. The van der Waals surface area contributed by atoms with Gasteiger partial charge in [-0.3, -0.25) is 4.79 Å². The van der Waals surface area contributed by atoms with E-state index in [0.717, 1.165) is 29.5 Å². The highest BCUT2D eigenvalue weighted by Gasteiger charge is 2.28. The SMILES string of the molecule is COC(=O)C1CCc2c(cn3ncnc(Cl)c23)C1. The Morgan fingerprint density at radius 3 is 3.22 bits per heavy atom. The van der Waals surface area contributed by atoms with Crippen LogP contribution in [0.2, 0.25) is 5.15 Å². The van der Waals surface area contributed by atoms with Gasteiger partial charge in [-0.25, -0.2) is 9.50 Å². The van der Waals surface area contributed by atoms with Crippen molar-refractivity contribution in [3.05, 3.63) is 28.8 Å². The number of hydrogen-bond acceptors (Lipinski definition) is 4. The van der Waals surface area contributed by atoms with E-state index in [9.17, 15) is 4.79 Å². The van der Waals surface area contributed by atoms with Gasteiger partial charge in [0.05, 0.1) is 13.0 Å². The number of carbonyl (C=O) groups excluding carboxylic acids is 1. The lowest BCUT2D eigenvalue weighted by atomic mass is 9.86. The molecule has 0 amide bonds. The number of aromatic nitrogens is 3. The zero-order valence-corrected chi connectivity index (χ0v) is 10.6. The molecule has 0 aliphatic heterocycles. The van der Waals surface area contributed by atoms with E-state index < -0.39 is 0 Å². The van der Waals surface area contributed by atoms with Crippen LogP contribution in [0.1, 0.15) is 17.5 Å². The normalized spacial score (nSPS) is 18.7. The van der Waals surface area contributed by atoms with Gasteiger partial charge in [0.15, 0.2) is 5.15 Å². The van der Waals surface area contributed by atoms with Crippen molar-refractivity contribution in [2.45, 2.75) is 19.3 Å². The molecule has 6 heteroatoms. The number of halogens is 1. The van der Waals surface area contributed by atoms with Gasteiger partial charge in [0, 0.05) is 6.20 Å². The molecule has 2 heterocycles. The summed E-state index contributed by atoms with van der Waals surface area (Å²) in [5, 5.41) is 4.60. The molecule has 0 spiro atoms. The van der Waals surface area contributed by atoms with E-state index in [0.29, 0.717) is 11.6 Å². The Hall–Kier alpha value is -1.62. The molecule has 0 N–H and O–H groups in total. The minimum atomic E-state index is -0.145. The van der Waals surface area contributed by atoms with Crippen molar-refractivity contribution in [1.29, 1.82) is 0 Å². The van der Waals surface area contributed by atoms with Crippen LogP contribution in [0.3, 0.4) is 0 Å². The third-order valence-electron chi connectivity index (χ3n) is 3.47. The lowest BCUT2D eigenvalue weighted by Crippen LogP contribution is -2.23. The quantitative estimate of drug-likeness (QED) is 0.736. The zero-order valence-electron chi connectivity index (χ0n) is 9.89. The molecule has 18 heavy (non-hydrogen) atoms. The van der Waals surface area contributed by atoms with Gasteiger partial charge in [0.1, 0.15) is 11.8 Å². The first-order chi connectivity index (χ1) is 8.70. The van der Waals surface area contributed by atoms with E-state index in [2.05, 4.69) is 10.1 Å². The highest BCUT2D eigenvalue weighted by atomic mass is 35.5. The van der Waals surface area contributed by atoms with E-state index in [1.54, 1.807) is 4.52 Å². The van der Waals surface area contributed by atoms with Crippen molar-refractivity contribution < 1.29 is 9.53 Å². The van der Waals surface area contributed by atoms with Crippen LogP contribution in [0.15, 0.2) is 12.5 Å². The summed E-state index contributed by atoms with van der Waals surface area (Å²) < 4.78 is 6.54. The Labute approximate surface area is 109 Å². The Morgan fingerprint density at radius 1 is 1.61 bits per heavy atom. The third-order valence-corrected chi connectivity index (χ3v) is 3.74. The first-order valence-corrected chi connectivity index (χ1v) is 6.16. The number of hydrogen-bond donors (Lipinski definition) is 0. The smallest absolute Gasteiger partial charge is 0.309 e. The van der Waals surface area contributed by atoms with Crippen molar-refractivity contribution in [2.24, 2.45) is 5.92 Å². The largest absolute Gasteiger partial charge is 0.469 e. The molecule has 0 bridgehead atoms. The fraction of sp³-hybridized carbons (Fsp3) is 0.417. The van der Waals surface area contributed by atoms with Crippen molar-refractivity contribution in [1.82, 2.24) is 14.6 Å². The molecule has 5 nitrogen and oxygen atoms in total. The van der Waals surface area contributed by atoms with Gasteiger partial charge >= 0.3 is 5.97 Å². The second-order valence-corrected chi connectivity index (χ2v) is 4.80. The van der Waals surface area contributed by atoms with Crippen LogP contribution in [-0.4, -0.2) is 27.7 Å². The maximum Gasteiger partial charge on any atom is 0.309 e. The second kappa shape index (κ2) is 4.24. The molecular weight excluding hydrogens is 254 g/mol. The van der Waals surface area contributed by atoms with Crippen molar-refractivity contribution in [3.8, 4) is 0 Å². The van der Waals surface area contributed by atoms with E-state index in [-0.39, 0.29) is 11.9 Å². The topological polar surface area (TPSA) is 56.5 Å². The Balaban J connectivity index is 2.05. The number of fused-ring (bicyclic) bond motifs is 3. The lowest BCUT2D eigenvalue weighted by Gasteiger charge is -2.19. The molecule has 0 saturated heterocycles. The average Bonchev–Trinajstić information content (AvgIpc) is 2.76. The maximum atomic E-state index is 11.6. The summed E-state index contributed by atoms with van der Waals surface area (Å²) in [6.45, 7) is 0. The van der Waals surface area contributed by atoms with E-state index in [4.69, 9.17) is 16.3 Å². The van der Waals surface area contributed by atoms with E-state index >= 15 is 0 Å². The summed E-state index contributed by atoms with van der Waals surface area (Å²) in [5.41, 5.74) is 3.12. The molecule has 2 aromatic heterocycles. The van der Waals surface area contributed by atoms with Gasteiger partial charge in [-0.15, -0.1) is 0 Å². The summed E-state index contributed by atoms with van der Waals surface area (Å²) in [6.07, 6.45) is 5.62. The lowest BCUT2D eigenvalue weighted by molar-refractivity contribution is -0.145. The number of methoxy groups -OCH3 is 1. The standard InChI is InChI=1S/C12H12ClN3O2/c1-18-12(17)7-2-3-9-8(4-7)5-16-10(9)11(13)14-6-15-16/h5-7H,2-4H2,1H3. The van der Waals surface area contributed by atoms with Crippen LogP contribution in [0.25, 0.3) is 5.52 Å². The van der Waals surface area contributed by atoms with Crippen LogP contribution in [0.4, 0.5) is 0 Å². The van der Waals surface area contributed by atoms with Crippen LogP contribution >= 0.6 is 11.6 Å². The van der Waals surface area contributed by atoms with Crippen LogP contribution in [0.5, 0.6) is 0 Å². The van der Waals surface area contributed by atoms with Crippen LogP contribution in [-0.2, 0) is 22.4 Å². The summed E-state index contributed by atoms with van der Waals surface area (Å²) in [5.74, 6) is -0.209. The number of nitrogens with zero attached hydrogens (tertiary/aromatic N) is 3. The predicted octanol–water partition coefficient (Wildman–Crippen LogP) is 1.66. The summed E-state index contributed by atoms with van der Waals surface area (Å²) in [6, 6.07) is 0. The molecule has 1 aliphatic carbocycles. The van der Waals surface area contributed by atoms with Gasteiger partial charge in [-0.1, -0.05) is 11.6 Å². The molecule has 94 valence electrons. The number of ether oxygens (including phenoxy) is 1. The molecule has 0 fully saturated rings. The first kappa shape index (κ1) is 11.5. The van der Waals surface area contributed by atoms with Crippen molar-refractivity contribution in [3.63, 3.8) is 0 Å². The first-order valence-electron chi connectivity index (χ1n) is 5.78. The minimum absolute atomic E-state index is 0.0633. The highest BCUT2D eigenvalue weighted by Crippen LogP contribution is 2.32. The maximum absolute atomic E-state index is 11.6. The molecule has 0 saturated carbocycles. The highest BCUT2D eigenvalue weighted by molar-refractivity contribution is 6.32. The molecule has 2 aromatic rings. The fourth-order valence-electron chi connectivity index (χ4n) is 2.59. The fourth-order valence-corrected chi connectivity index (χ4v) is 2.84. The molecule has 1 unspecified atom stereocenters. The number of aryl methyl sites for hydroxylation is 1. The minimum Gasteiger partial charge on any atom is -0.469 e. The Bertz CT molecular complexity index is 623. The van der Waals surface area contributed by atoms with Gasteiger partial charge in [-0.05, 0) is 30.4 Å². The van der Waals surface area contributed by atoms with Crippen molar-refractivity contribution in [2.75, 3.05) is 7.11 Å². The summed E-state index contributed by atoms with van der Waals surface area (Å²) in [7, 11) is 1.43. The van der Waals surface area contributed by atoms with Crippen molar-refractivity contribution >= 4 is 23.1 Å². The van der Waals surface area contributed by atoms with Crippen LogP contribution < -0.4 is 0 Å². The third kappa shape index (κ3) is 1.66. The molecule has 0 aromatic carbocycles. The second-order valence-electron chi connectivity index (χ2n) is 4.44. The summed E-state index contributed by atoms with van der Waals surface area (Å²) in [4.78, 5) is 15.6. The van der Waals surface area contributed by atoms with Gasteiger partial charge in [-0.2, -0.15) is 5.10 Å². The number of esters is 1. The molecule has 1 atom stereocenters. The number of carbonyl (C=O) groups is 1. The van der Waals surface area contributed by atoms with E-state index in [1.165, 1.54) is 13.4 Å². The molecule has 3 rings (SSSR count). The van der Waals surface area contributed by atoms with Gasteiger partial charge in [0.25, 0.3) is 0 Å². The Morgan fingerprint density at radius 2 is 2.44 bits per heavy atom. The van der Waals surface area contributed by atoms with Gasteiger partial charge in [0.2, 0.25) is 0 Å². The summed E-state index contributed by atoms with van der Waals surface area (Å²) >= 11 is 6.10. The zero-order chi connectivity index (χ0) is 12.7. The number of rotatable bonds is 1. The monoisotopic (exact) mass is 265 g/mol. The van der Waals surface area contributed by atoms with Crippen LogP contribution in [0, 0.1) is 5.92 Å². The van der Waals surface area contributed by atoms with E-state index in [1.807, 2.05) is 6.20 Å². The molecule has 0 radical (unpaired) electrons.